The molecule has 0 aliphatic heterocycles. The summed E-state index contributed by atoms with van der Waals surface area (Å²) < 4.78 is 0. The minimum absolute atomic E-state index is 0.0644. The molecule has 2 rings (SSSR count). The Morgan fingerprint density at radius 3 is 3.06 bits per heavy atom. The lowest BCUT2D eigenvalue weighted by molar-refractivity contribution is -0.384. The molecule has 0 aromatic carbocycles. The second-order valence-electron chi connectivity index (χ2n) is 3.91. The minimum atomic E-state index is -0.487. The van der Waals surface area contributed by atoms with Gasteiger partial charge in [0.05, 0.1) is 11.0 Å². The summed E-state index contributed by atoms with van der Waals surface area (Å²) in [7, 11) is 0. The zero-order chi connectivity index (χ0) is 11.5. The van der Waals surface area contributed by atoms with Crippen LogP contribution in [0.3, 0.4) is 0 Å². The van der Waals surface area contributed by atoms with Gasteiger partial charge in [0.15, 0.2) is 0 Å². The van der Waals surface area contributed by atoms with Gasteiger partial charge in [-0.3, -0.25) is 10.1 Å². The van der Waals surface area contributed by atoms with Crippen LogP contribution in [0.5, 0.6) is 0 Å². The average molecular weight is 223 g/mol. The summed E-state index contributed by atoms with van der Waals surface area (Å²) in [6, 6.07) is 2.90. The van der Waals surface area contributed by atoms with Crippen LogP contribution in [-0.4, -0.2) is 27.7 Å². The second-order valence-corrected chi connectivity index (χ2v) is 3.91. The Labute approximate surface area is 92.5 Å². The third kappa shape index (κ3) is 2.46. The van der Waals surface area contributed by atoms with Gasteiger partial charge in [0.25, 0.3) is 0 Å². The Hall–Kier alpha value is -1.69. The highest BCUT2D eigenvalue weighted by atomic mass is 16.6. The topological polar surface area (TPSA) is 88.3 Å². The van der Waals surface area contributed by atoms with E-state index in [1.807, 2.05) is 0 Å². The molecule has 1 saturated carbocycles. The summed E-state index contributed by atoms with van der Waals surface area (Å²) in [4.78, 5) is 14.1. The van der Waals surface area contributed by atoms with Gasteiger partial charge in [-0.05, 0) is 24.8 Å². The Kier molecular flexibility index (Phi) is 3.00. The van der Waals surface area contributed by atoms with E-state index in [1.54, 1.807) is 0 Å². The molecule has 6 nitrogen and oxygen atoms in total. The maximum atomic E-state index is 10.7. The number of anilines is 1. The molecule has 1 aromatic rings. The standard InChI is InChI=1S/C10H13N3O3/c14-9(7-3-4-7)6-12-10-8(13(15)16)2-1-5-11-10/h1-2,5,7,9,14H,3-4,6H2,(H,11,12). The van der Waals surface area contributed by atoms with E-state index >= 15 is 0 Å². The molecule has 0 amide bonds. The highest BCUT2D eigenvalue weighted by Crippen LogP contribution is 2.32. The molecule has 0 radical (unpaired) electrons. The van der Waals surface area contributed by atoms with Crippen molar-refractivity contribution < 1.29 is 10.0 Å². The van der Waals surface area contributed by atoms with Crippen LogP contribution >= 0.6 is 0 Å². The van der Waals surface area contributed by atoms with Gasteiger partial charge in [-0.25, -0.2) is 4.98 Å². The van der Waals surface area contributed by atoms with Gasteiger partial charge < -0.3 is 10.4 Å². The van der Waals surface area contributed by atoms with Gasteiger partial charge in [-0.2, -0.15) is 0 Å². The molecule has 1 heterocycles. The molecule has 0 bridgehead atoms. The van der Waals surface area contributed by atoms with E-state index in [-0.39, 0.29) is 11.5 Å². The van der Waals surface area contributed by atoms with Gasteiger partial charge >= 0.3 is 5.69 Å². The summed E-state index contributed by atoms with van der Waals surface area (Å²) in [5.41, 5.74) is -0.0644. The van der Waals surface area contributed by atoms with E-state index < -0.39 is 11.0 Å². The third-order valence-corrected chi connectivity index (χ3v) is 2.63. The number of aromatic nitrogens is 1. The van der Waals surface area contributed by atoms with Crippen molar-refractivity contribution in [1.29, 1.82) is 0 Å². The fourth-order valence-electron chi connectivity index (χ4n) is 1.53. The maximum absolute atomic E-state index is 10.7. The molecule has 1 aliphatic rings. The zero-order valence-corrected chi connectivity index (χ0v) is 8.67. The van der Waals surface area contributed by atoms with E-state index in [4.69, 9.17) is 0 Å². The maximum Gasteiger partial charge on any atom is 0.311 e. The molecule has 0 saturated heterocycles. The first kappa shape index (κ1) is 10.8. The van der Waals surface area contributed by atoms with E-state index in [0.717, 1.165) is 12.8 Å². The fourth-order valence-corrected chi connectivity index (χ4v) is 1.53. The first-order chi connectivity index (χ1) is 7.68. The quantitative estimate of drug-likeness (QED) is 0.578. The predicted molar refractivity (Wildman–Crippen MR) is 58.1 cm³/mol. The molecule has 1 aliphatic carbocycles. The van der Waals surface area contributed by atoms with Crippen LogP contribution in [0.1, 0.15) is 12.8 Å². The van der Waals surface area contributed by atoms with Crippen LogP contribution in [0.25, 0.3) is 0 Å². The number of nitro groups is 1. The van der Waals surface area contributed by atoms with Crippen LogP contribution in [0.4, 0.5) is 11.5 Å². The normalized spacial score (nSPS) is 16.8. The van der Waals surface area contributed by atoms with Crippen molar-refractivity contribution >= 4 is 11.5 Å². The lowest BCUT2D eigenvalue weighted by atomic mass is 10.2. The number of hydrogen-bond donors (Lipinski definition) is 2. The van der Waals surface area contributed by atoms with Crippen LogP contribution in [0.15, 0.2) is 18.3 Å². The van der Waals surface area contributed by atoms with Gasteiger partial charge in [-0.15, -0.1) is 0 Å². The number of rotatable bonds is 5. The van der Waals surface area contributed by atoms with Gasteiger partial charge in [0.1, 0.15) is 0 Å². The summed E-state index contributed by atoms with van der Waals surface area (Å²) in [6.45, 7) is 0.308. The Morgan fingerprint density at radius 1 is 1.69 bits per heavy atom. The van der Waals surface area contributed by atoms with E-state index in [9.17, 15) is 15.2 Å². The van der Waals surface area contributed by atoms with Crippen LogP contribution in [0, 0.1) is 16.0 Å². The van der Waals surface area contributed by atoms with Crippen LogP contribution in [0.2, 0.25) is 0 Å². The number of pyridine rings is 1. The lowest BCUT2D eigenvalue weighted by Crippen LogP contribution is -2.22. The van der Waals surface area contributed by atoms with Gasteiger partial charge in [0.2, 0.25) is 5.82 Å². The van der Waals surface area contributed by atoms with Crippen molar-refractivity contribution in [3.05, 3.63) is 28.4 Å². The molecular formula is C10H13N3O3. The third-order valence-electron chi connectivity index (χ3n) is 2.63. The van der Waals surface area contributed by atoms with Crippen LogP contribution < -0.4 is 5.32 Å². The van der Waals surface area contributed by atoms with Crippen molar-refractivity contribution in [1.82, 2.24) is 4.98 Å². The van der Waals surface area contributed by atoms with Crippen molar-refractivity contribution in [2.45, 2.75) is 18.9 Å². The van der Waals surface area contributed by atoms with E-state index in [2.05, 4.69) is 10.3 Å². The van der Waals surface area contributed by atoms with Crippen molar-refractivity contribution in [3.8, 4) is 0 Å². The smallest absolute Gasteiger partial charge is 0.311 e. The largest absolute Gasteiger partial charge is 0.391 e. The van der Waals surface area contributed by atoms with Crippen molar-refractivity contribution in [2.24, 2.45) is 5.92 Å². The molecule has 1 atom stereocenters. The van der Waals surface area contributed by atoms with Crippen molar-refractivity contribution in [2.75, 3.05) is 11.9 Å². The van der Waals surface area contributed by atoms with Crippen LogP contribution in [-0.2, 0) is 0 Å². The molecule has 86 valence electrons. The number of hydrogen-bond acceptors (Lipinski definition) is 5. The molecule has 1 unspecified atom stereocenters. The first-order valence-electron chi connectivity index (χ1n) is 5.20. The molecule has 1 aromatic heterocycles. The molecule has 1 fully saturated rings. The average Bonchev–Trinajstić information content (AvgIpc) is 3.10. The molecule has 6 heteroatoms. The molecule has 16 heavy (non-hydrogen) atoms. The van der Waals surface area contributed by atoms with Gasteiger partial charge in [0, 0.05) is 18.8 Å². The lowest BCUT2D eigenvalue weighted by Gasteiger charge is -2.10. The highest BCUT2D eigenvalue weighted by Gasteiger charge is 2.29. The highest BCUT2D eigenvalue weighted by molar-refractivity contribution is 5.55. The molecule has 2 N–H and O–H groups in total. The SMILES string of the molecule is O=[N+]([O-])c1cccnc1NCC(O)C1CC1. The van der Waals surface area contributed by atoms with Crippen molar-refractivity contribution in [3.63, 3.8) is 0 Å². The predicted octanol–water partition coefficient (Wildman–Crippen LogP) is 1.17. The number of aliphatic hydroxyl groups excluding tert-OH is 1. The summed E-state index contributed by atoms with van der Waals surface area (Å²) in [6.07, 6.45) is 3.11. The Bertz CT molecular complexity index is 393. The molecule has 0 spiro atoms. The van der Waals surface area contributed by atoms with E-state index in [0.29, 0.717) is 12.5 Å². The first-order valence-corrected chi connectivity index (χ1v) is 5.20. The monoisotopic (exact) mass is 223 g/mol. The molecular weight excluding hydrogens is 210 g/mol. The summed E-state index contributed by atoms with van der Waals surface area (Å²) >= 11 is 0. The Balaban J connectivity index is 1.99. The summed E-state index contributed by atoms with van der Waals surface area (Å²) in [5, 5.41) is 23.1. The zero-order valence-electron chi connectivity index (χ0n) is 8.67. The number of aliphatic hydroxyl groups is 1. The fraction of sp³-hybridized carbons (Fsp3) is 0.500. The number of nitrogens with one attached hydrogen (secondary N) is 1. The second kappa shape index (κ2) is 4.44. The summed E-state index contributed by atoms with van der Waals surface area (Å²) in [5.74, 6) is 0.558. The van der Waals surface area contributed by atoms with Gasteiger partial charge in [-0.1, -0.05) is 0 Å². The Morgan fingerprint density at radius 2 is 2.44 bits per heavy atom. The number of nitrogens with zero attached hydrogens (tertiary/aromatic N) is 2. The van der Waals surface area contributed by atoms with E-state index in [1.165, 1.54) is 18.3 Å². The minimum Gasteiger partial charge on any atom is -0.391 e.